The highest BCUT2D eigenvalue weighted by atomic mass is 16.7. The van der Waals surface area contributed by atoms with Crippen LogP contribution >= 0.6 is 0 Å². The molecule has 0 radical (unpaired) electrons. The Morgan fingerprint density at radius 2 is 1.47 bits per heavy atom. The Kier molecular flexibility index (Phi) is 8.04. The lowest BCUT2D eigenvalue weighted by Crippen LogP contribution is -2.65. The van der Waals surface area contributed by atoms with Crippen LogP contribution in [-0.2, 0) is 18.9 Å². The molecule has 12 heteroatoms. The molecule has 0 aromatic rings. The normalized spacial score (nSPS) is 52.5. The summed E-state index contributed by atoms with van der Waals surface area (Å²) < 4.78 is 23.3. The Morgan fingerprint density at radius 1 is 0.833 bits per heavy atom. The topological polar surface area (TPSA) is 222 Å². The van der Waals surface area contributed by atoms with Crippen molar-refractivity contribution in [1.82, 2.24) is 0 Å². The quantitative estimate of drug-likeness (QED) is 0.198. The van der Waals surface area contributed by atoms with Gasteiger partial charge >= 0.3 is 0 Å². The van der Waals surface area contributed by atoms with E-state index >= 15 is 0 Å². The Balaban J connectivity index is 1.75. The van der Waals surface area contributed by atoms with E-state index in [9.17, 15) is 20.4 Å². The molecule has 1 aliphatic carbocycles. The van der Waals surface area contributed by atoms with Crippen LogP contribution < -0.4 is 22.9 Å². The van der Waals surface area contributed by atoms with Gasteiger partial charge in [-0.3, -0.25) is 0 Å². The molecule has 2 heterocycles. The monoisotopic (exact) mass is 436 g/mol. The molecule has 0 spiro atoms. The van der Waals surface area contributed by atoms with E-state index in [1.54, 1.807) is 6.92 Å². The molecular formula is C18H36N4O8. The summed E-state index contributed by atoms with van der Waals surface area (Å²) in [5, 5.41) is 40.3. The van der Waals surface area contributed by atoms with Crippen molar-refractivity contribution in [3.8, 4) is 0 Å². The standard InChI is InChI=1S/C18H36N4O8/c1-6-13(25)12(5-23)28-17(6)30-16-14(26)7(20)2-8(21)15(16)29-18-9(22)3-10(24)11(4-19)27-18/h6-18,23-26H,2-5,19-22H2,1H3. The lowest BCUT2D eigenvalue weighted by molar-refractivity contribution is -0.292. The average Bonchev–Trinajstić information content (AvgIpc) is 2.98. The molecule has 2 saturated heterocycles. The van der Waals surface area contributed by atoms with Gasteiger partial charge < -0.3 is 62.3 Å². The highest BCUT2D eigenvalue weighted by molar-refractivity contribution is 5.00. The molecule has 12 N–H and O–H groups in total. The number of aliphatic hydroxyl groups is 4. The molecular weight excluding hydrogens is 400 g/mol. The smallest absolute Gasteiger partial charge is 0.173 e. The largest absolute Gasteiger partial charge is 0.394 e. The van der Waals surface area contributed by atoms with Gasteiger partial charge in [-0.15, -0.1) is 0 Å². The fourth-order valence-corrected chi connectivity index (χ4v) is 4.35. The molecule has 0 aromatic carbocycles. The van der Waals surface area contributed by atoms with E-state index < -0.39 is 79.4 Å². The number of ether oxygens (including phenoxy) is 4. The van der Waals surface area contributed by atoms with Crippen LogP contribution in [0.3, 0.4) is 0 Å². The molecule has 12 nitrogen and oxygen atoms in total. The van der Waals surface area contributed by atoms with E-state index in [1.807, 2.05) is 0 Å². The van der Waals surface area contributed by atoms with Crippen LogP contribution in [0.4, 0.5) is 0 Å². The summed E-state index contributed by atoms with van der Waals surface area (Å²) in [5.41, 5.74) is 24.0. The van der Waals surface area contributed by atoms with Gasteiger partial charge in [-0.05, 0) is 12.8 Å². The Morgan fingerprint density at radius 3 is 2.07 bits per heavy atom. The first-order chi connectivity index (χ1) is 14.2. The first-order valence-corrected chi connectivity index (χ1v) is 10.4. The fourth-order valence-electron chi connectivity index (χ4n) is 4.35. The summed E-state index contributed by atoms with van der Waals surface area (Å²) in [4.78, 5) is 0. The summed E-state index contributed by atoms with van der Waals surface area (Å²) in [5.74, 6) is -0.464. The Bertz CT molecular complexity index is 562. The SMILES string of the molecule is CC1C(OC2C(O)C(N)CC(N)C2OC2OC(CN)C(O)CC2N)OC(CO)C1O. The predicted molar refractivity (Wildman–Crippen MR) is 104 cm³/mol. The zero-order chi connectivity index (χ0) is 22.2. The van der Waals surface area contributed by atoms with Crippen molar-refractivity contribution < 1.29 is 39.4 Å². The maximum atomic E-state index is 10.7. The Labute approximate surface area is 175 Å². The number of rotatable bonds is 6. The van der Waals surface area contributed by atoms with Crippen LogP contribution in [0.25, 0.3) is 0 Å². The zero-order valence-corrected chi connectivity index (χ0v) is 17.1. The highest BCUT2D eigenvalue weighted by Gasteiger charge is 2.50. The lowest BCUT2D eigenvalue weighted by Gasteiger charge is -2.46. The van der Waals surface area contributed by atoms with Crippen LogP contribution in [0.5, 0.6) is 0 Å². The van der Waals surface area contributed by atoms with Crippen molar-refractivity contribution in [3.63, 3.8) is 0 Å². The molecule has 3 rings (SSSR count). The van der Waals surface area contributed by atoms with Crippen molar-refractivity contribution in [2.75, 3.05) is 13.2 Å². The summed E-state index contributed by atoms with van der Waals surface area (Å²) in [6.45, 7) is 1.43. The fraction of sp³-hybridized carbons (Fsp3) is 1.00. The van der Waals surface area contributed by atoms with Crippen LogP contribution in [-0.4, -0.2) is 107 Å². The van der Waals surface area contributed by atoms with Gasteiger partial charge in [0.1, 0.15) is 18.3 Å². The number of hydrogen-bond acceptors (Lipinski definition) is 12. The van der Waals surface area contributed by atoms with Gasteiger partial charge in [-0.25, -0.2) is 0 Å². The molecule has 3 fully saturated rings. The molecule has 30 heavy (non-hydrogen) atoms. The van der Waals surface area contributed by atoms with Crippen LogP contribution in [0.15, 0.2) is 0 Å². The van der Waals surface area contributed by atoms with Crippen LogP contribution in [0.1, 0.15) is 19.8 Å². The van der Waals surface area contributed by atoms with E-state index in [2.05, 4.69) is 0 Å². The van der Waals surface area contributed by atoms with Gasteiger partial charge in [0.25, 0.3) is 0 Å². The van der Waals surface area contributed by atoms with E-state index in [1.165, 1.54) is 0 Å². The van der Waals surface area contributed by atoms with Crippen molar-refractivity contribution in [2.24, 2.45) is 28.9 Å². The number of hydrogen-bond donors (Lipinski definition) is 8. The molecule has 0 aromatic heterocycles. The van der Waals surface area contributed by atoms with Crippen LogP contribution in [0.2, 0.25) is 0 Å². The van der Waals surface area contributed by atoms with Gasteiger partial charge in [-0.2, -0.15) is 0 Å². The lowest BCUT2D eigenvalue weighted by atomic mass is 9.84. The first kappa shape index (κ1) is 24.2. The third kappa shape index (κ3) is 4.80. The zero-order valence-electron chi connectivity index (χ0n) is 17.1. The third-order valence-electron chi connectivity index (χ3n) is 6.32. The van der Waals surface area contributed by atoms with Crippen molar-refractivity contribution >= 4 is 0 Å². The van der Waals surface area contributed by atoms with Gasteiger partial charge in [0.05, 0.1) is 37.1 Å². The minimum absolute atomic E-state index is 0.0890. The van der Waals surface area contributed by atoms with E-state index in [4.69, 9.17) is 41.9 Å². The van der Waals surface area contributed by atoms with E-state index in [-0.39, 0.29) is 26.0 Å². The first-order valence-electron chi connectivity index (χ1n) is 10.4. The van der Waals surface area contributed by atoms with Gasteiger partial charge in [-0.1, -0.05) is 6.92 Å². The second-order valence-electron chi connectivity index (χ2n) is 8.58. The van der Waals surface area contributed by atoms with Crippen molar-refractivity contribution in [1.29, 1.82) is 0 Å². The summed E-state index contributed by atoms with van der Waals surface area (Å²) in [6.07, 6.45) is -7.42. The average molecular weight is 437 g/mol. The number of aliphatic hydroxyl groups excluding tert-OH is 4. The van der Waals surface area contributed by atoms with Crippen molar-refractivity contribution in [2.45, 2.75) is 93.2 Å². The molecule has 3 aliphatic rings. The molecule has 0 amide bonds. The van der Waals surface area contributed by atoms with Gasteiger partial charge in [0.15, 0.2) is 12.6 Å². The summed E-state index contributed by atoms with van der Waals surface area (Å²) >= 11 is 0. The second-order valence-corrected chi connectivity index (χ2v) is 8.58. The molecule has 0 bridgehead atoms. The second kappa shape index (κ2) is 9.98. The maximum absolute atomic E-state index is 10.7. The highest BCUT2D eigenvalue weighted by Crippen LogP contribution is 2.33. The number of nitrogens with two attached hydrogens (primary N) is 4. The summed E-state index contributed by atoms with van der Waals surface area (Å²) in [6, 6.07) is -1.88. The van der Waals surface area contributed by atoms with E-state index in [0.717, 1.165) is 0 Å². The molecule has 176 valence electrons. The molecule has 13 unspecified atom stereocenters. The van der Waals surface area contributed by atoms with E-state index in [0.29, 0.717) is 0 Å². The maximum Gasteiger partial charge on any atom is 0.173 e. The Hall–Kier alpha value is -0.480. The van der Waals surface area contributed by atoms with Gasteiger partial charge in [0.2, 0.25) is 0 Å². The van der Waals surface area contributed by atoms with Crippen molar-refractivity contribution in [3.05, 3.63) is 0 Å². The van der Waals surface area contributed by atoms with Crippen LogP contribution in [0, 0.1) is 5.92 Å². The third-order valence-corrected chi connectivity index (χ3v) is 6.32. The molecule has 2 aliphatic heterocycles. The minimum Gasteiger partial charge on any atom is -0.394 e. The molecule has 13 atom stereocenters. The minimum atomic E-state index is -1.12. The van der Waals surface area contributed by atoms with Gasteiger partial charge in [0, 0.05) is 24.5 Å². The molecule has 1 saturated carbocycles. The predicted octanol–water partition coefficient (Wildman–Crippen LogP) is -4.35. The summed E-state index contributed by atoms with van der Waals surface area (Å²) in [7, 11) is 0.